The SMILES string of the molecule is CCOC(=O)C1=C(C)N=c2s/c(=C\c3ccc(C)cc3)c(=O)n2C1c1cccc(OC)c1OCC. The molecule has 0 saturated carbocycles. The molecule has 1 aromatic heterocycles. The number of nitrogens with zero attached hydrogens (tertiary/aromatic N) is 2. The number of ether oxygens (including phenoxy) is 3. The van der Waals surface area contributed by atoms with Crippen molar-refractivity contribution in [2.75, 3.05) is 20.3 Å². The number of thiazole rings is 1. The van der Waals surface area contributed by atoms with E-state index in [9.17, 15) is 9.59 Å². The second-order valence-corrected chi connectivity index (χ2v) is 9.03. The van der Waals surface area contributed by atoms with Crippen LogP contribution in [0.15, 0.2) is 63.5 Å². The first-order chi connectivity index (χ1) is 16.9. The van der Waals surface area contributed by atoms with Gasteiger partial charge in [0, 0.05) is 5.56 Å². The van der Waals surface area contributed by atoms with Crippen LogP contribution in [0.2, 0.25) is 0 Å². The highest BCUT2D eigenvalue weighted by Gasteiger charge is 2.35. The molecule has 1 aliphatic heterocycles. The molecule has 7 nitrogen and oxygen atoms in total. The van der Waals surface area contributed by atoms with Crippen LogP contribution in [0, 0.1) is 6.92 Å². The summed E-state index contributed by atoms with van der Waals surface area (Å²) < 4.78 is 19.0. The van der Waals surface area contributed by atoms with E-state index in [1.807, 2.05) is 56.3 Å². The molecule has 35 heavy (non-hydrogen) atoms. The highest BCUT2D eigenvalue weighted by atomic mass is 32.1. The van der Waals surface area contributed by atoms with Crippen LogP contribution in [0.1, 0.15) is 43.5 Å². The molecule has 1 aliphatic rings. The topological polar surface area (TPSA) is 79.1 Å². The predicted molar refractivity (Wildman–Crippen MR) is 136 cm³/mol. The van der Waals surface area contributed by atoms with E-state index in [2.05, 4.69) is 4.99 Å². The van der Waals surface area contributed by atoms with Gasteiger partial charge < -0.3 is 14.2 Å². The molecule has 1 atom stereocenters. The molecule has 182 valence electrons. The maximum absolute atomic E-state index is 13.8. The Morgan fingerprint density at radius 2 is 1.86 bits per heavy atom. The molecular weight excluding hydrogens is 464 g/mol. The number of aryl methyl sites for hydroxylation is 1. The molecule has 0 N–H and O–H groups in total. The van der Waals surface area contributed by atoms with Crippen molar-refractivity contribution in [2.45, 2.75) is 33.7 Å². The van der Waals surface area contributed by atoms with Gasteiger partial charge in [-0.2, -0.15) is 0 Å². The summed E-state index contributed by atoms with van der Waals surface area (Å²) in [6, 6.07) is 12.6. The first-order valence-corrected chi connectivity index (χ1v) is 12.3. The summed E-state index contributed by atoms with van der Waals surface area (Å²) in [5, 5.41) is 0. The van der Waals surface area contributed by atoms with Gasteiger partial charge in [-0.15, -0.1) is 0 Å². The fraction of sp³-hybridized carbons (Fsp3) is 0.296. The monoisotopic (exact) mass is 492 g/mol. The Labute approximate surface area is 207 Å². The van der Waals surface area contributed by atoms with Crippen LogP contribution in [-0.2, 0) is 9.53 Å². The minimum absolute atomic E-state index is 0.205. The Kier molecular flexibility index (Phi) is 7.21. The number of rotatable bonds is 7. The van der Waals surface area contributed by atoms with Crippen LogP contribution in [0.3, 0.4) is 0 Å². The lowest BCUT2D eigenvalue weighted by Gasteiger charge is -2.26. The van der Waals surface area contributed by atoms with E-state index < -0.39 is 12.0 Å². The van der Waals surface area contributed by atoms with E-state index in [0.717, 1.165) is 11.1 Å². The largest absolute Gasteiger partial charge is 0.493 e. The molecule has 0 spiro atoms. The minimum atomic E-state index is -0.776. The van der Waals surface area contributed by atoms with E-state index >= 15 is 0 Å². The zero-order valence-electron chi connectivity index (χ0n) is 20.5. The van der Waals surface area contributed by atoms with Gasteiger partial charge in [0.05, 0.1) is 36.1 Å². The Balaban J connectivity index is 2.01. The number of methoxy groups -OCH3 is 1. The number of fused-ring (bicyclic) bond motifs is 1. The Hall–Kier alpha value is -3.65. The molecule has 0 bridgehead atoms. The minimum Gasteiger partial charge on any atom is -0.493 e. The maximum Gasteiger partial charge on any atom is 0.338 e. The van der Waals surface area contributed by atoms with Gasteiger partial charge in [0.1, 0.15) is 6.04 Å². The van der Waals surface area contributed by atoms with Gasteiger partial charge >= 0.3 is 5.97 Å². The highest BCUT2D eigenvalue weighted by molar-refractivity contribution is 7.07. The lowest BCUT2D eigenvalue weighted by atomic mass is 9.94. The summed E-state index contributed by atoms with van der Waals surface area (Å²) >= 11 is 1.29. The fourth-order valence-electron chi connectivity index (χ4n) is 4.11. The summed E-state index contributed by atoms with van der Waals surface area (Å²) in [5.41, 5.74) is 3.25. The van der Waals surface area contributed by atoms with Crippen LogP contribution in [0.25, 0.3) is 6.08 Å². The fourth-order valence-corrected chi connectivity index (χ4v) is 5.15. The van der Waals surface area contributed by atoms with Gasteiger partial charge in [-0.05, 0) is 45.4 Å². The van der Waals surface area contributed by atoms with Crippen molar-refractivity contribution >= 4 is 23.4 Å². The summed E-state index contributed by atoms with van der Waals surface area (Å²) in [6.45, 7) is 7.99. The van der Waals surface area contributed by atoms with E-state index in [1.54, 1.807) is 31.6 Å². The van der Waals surface area contributed by atoms with Crippen molar-refractivity contribution in [3.8, 4) is 11.5 Å². The molecule has 0 radical (unpaired) electrons. The van der Waals surface area contributed by atoms with E-state index in [4.69, 9.17) is 14.2 Å². The van der Waals surface area contributed by atoms with Crippen LogP contribution in [0.4, 0.5) is 0 Å². The van der Waals surface area contributed by atoms with Gasteiger partial charge in [0.2, 0.25) is 0 Å². The third kappa shape index (κ3) is 4.66. The second kappa shape index (κ2) is 10.3. The molecule has 2 aromatic carbocycles. The number of allylic oxidation sites excluding steroid dienone is 1. The average molecular weight is 493 g/mol. The van der Waals surface area contributed by atoms with Crippen molar-refractivity contribution in [1.82, 2.24) is 4.57 Å². The predicted octanol–water partition coefficient (Wildman–Crippen LogP) is 3.51. The van der Waals surface area contributed by atoms with Crippen LogP contribution in [0.5, 0.6) is 11.5 Å². The quantitative estimate of drug-likeness (QED) is 0.472. The first kappa shape index (κ1) is 24.5. The number of benzene rings is 2. The maximum atomic E-state index is 13.8. The van der Waals surface area contributed by atoms with Crippen molar-refractivity contribution < 1.29 is 19.0 Å². The third-order valence-corrected chi connectivity index (χ3v) is 6.69. The lowest BCUT2D eigenvalue weighted by molar-refractivity contribution is -0.139. The normalized spacial score (nSPS) is 15.5. The molecule has 2 heterocycles. The molecule has 3 aromatic rings. The number of para-hydroxylation sites is 1. The Bertz CT molecular complexity index is 1460. The Morgan fingerprint density at radius 3 is 2.51 bits per heavy atom. The van der Waals surface area contributed by atoms with E-state index in [1.165, 1.54) is 11.3 Å². The average Bonchev–Trinajstić information content (AvgIpc) is 3.14. The summed E-state index contributed by atoms with van der Waals surface area (Å²) in [6.07, 6.45) is 1.85. The van der Waals surface area contributed by atoms with Gasteiger partial charge in [-0.3, -0.25) is 9.36 Å². The number of hydrogen-bond acceptors (Lipinski definition) is 7. The standard InChI is InChI=1S/C27H28N2O5S/c1-6-33-24-19(9-8-10-20(24)32-5)23-22(26(31)34-7-2)17(4)28-27-29(23)25(30)21(35-27)15-18-13-11-16(3)12-14-18/h8-15,23H,6-7H2,1-5H3/b21-15-. The Morgan fingerprint density at radius 1 is 1.11 bits per heavy atom. The third-order valence-electron chi connectivity index (χ3n) is 5.70. The van der Waals surface area contributed by atoms with E-state index in [0.29, 0.717) is 44.3 Å². The number of carbonyl (C=O) groups excluding carboxylic acids is 1. The molecule has 1 unspecified atom stereocenters. The van der Waals surface area contributed by atoms with Crippen molar-refractivity contribution in [3.63, 3.8) is 0 Å². The molecular formula is C27H28N2O5S. The van der Waals surface area contributed by atoms with Crippen LogP contribution in [-0.4, -0.2) is 30.9 Å². The number of aromatic nitrogens is 1. The lowest BCUT2D eigenvalue weighted by Crippen LogP contribution is -2.40. The first-order valence-electron chi connectivity index (χ1n) is 11.5. The molecule has 8 heteroatoms. The van der Waals surface area contributed by atoms with Crippen molar-refractivity contribution in [1.29, 1.82) is 0 Å². The number of hydrogen-bond donors (Lipinski definition) is 0. The summed E-state index contributed by atoms with van der Waals surface area (Å²) in [4.78, 5) is 32.0. The summed E-state index contributed by atoms with van der Waals surface area (Å²) in [5.74, 6) is 0.480. The zero-order valence-corrected chi connectivity index (χ0v) is 21.3. The highest BCUT2D eigenvalue weighted by Crippen LogP contribution is 2.40. The molecule has 0 saturated heterocycles. The van der Waals surface area contributed by atoms with Gasteiger partial charge in [-0.25, -0.2) is 9.79 Å². The van der Waals surface area contributed by atoms with Crippen LogP contribution >= 0.6 is 11.3 Å². The number of carbonyl (C=O) groups is 1. The van der Waals surface area contributed by atoms with Crippen molar-refractivity contribution in [2.24, 2.45) is 4.99 Å². The van der Waals surface area contributed by atoms with Crippen LogP contribution < -0.4 is 24.4 Å². The smallest absolute Gasteiger partial charge is 0.338 e. The zero-order chi connectivity index (χ0) is 25.1. The second-order valence-electron chi connectivity index (χ2n) is 8.02. The molecule has 0 aliphatic carbocycles. The van der Waals surface area contributed by atoms with Gasteiger partial charge in [0.25, 0.3) is 5.56 Å². The molecule has 0 fully saturated rings. The summed E-state index contributed by atoms with van der Waals surface area (Å²) in [7, 11) is 1.56. The molecule has 0 amide bonds. The number of esters is 1. The van der Waals surface area contributed by atoms with E-state index in [-0.39, 0.29) is 12.2 Å². The molecule has 4 rings (SSSR count). The van der Waals surface area contributed by atoms with Gasteiger partial charge in [-0.1, -0.05) is 53.3 Å². The van der Waals surface area contributed by atoms with Crippen molar-refractivity contribution in [3.05, 3.63) is 90.1 Å². The van der Waals surface area contributed by atoms with Gasteiger partial charge in [0.15, 0.2) is 16.3 Å².